The van der Waals surface area contributed by atoms with Crippen LogP contribution in [-0.4, -0.2) is 63.6 Å². The number of likely N-dealkylation sites (tertiary alicyclic amines) is 1. The third-order valence-corrected chi connectivity index (χ3v) is 3.78. The molecule has 0 unspecified atom stereocenters. The Bertz CT molecular complexity index is 566. The predicted molar refractivity (Wildman–Crippen MR) is 76.4 cm³/mol. The van der Waals surface area contributed by atoms with Gasteiger partial charge in [0.15, 0.2) is 0 Å². The van der Waals surface area contributed by atoms with Crippen LogP contribution in [0.25, 0.3) is 0 Å². The lowest BCUT2D eigenvalue weighted by atomic mass is 9.98. The van der Waals surface area contributed by atoms with Gasteiger partial charge in [-0.05, 0) is 12.8 Å². The second-order valence-corrected chi connectivity index (χ2v) is 5.20. The fourth-order valence-electron chi connectivity index (χ4n) is 2.73. The highest BCUT2D eigenvalue weighted by Gasteiger charge is 2.34. The molecule has 1 aliphatic heterocycles. The summed E-state index contributed by atoms with van der Waals surface area (Å²) in [6.45, 7) is 1.95. The van der Waals surface area contributed by atoms with E-state index in [1.165, 1.54) is 36.2 Å². The molecule has 2 heterocycles. The zero-order valence-corrected chi connectivity index (χ0v) is 12.7. The van der Waals surface area contributed by atoms with Gasteiger partial charge in [-0.25, -0.2) is 10.0 Å². The summed E-state index contributed by atoms with van der Waals surface area (Å²) in [5.41, 5.74) is 0. The molecule has 1 aromatic heterocycles. The highest BCUT2D eigenvalue weighted by atomic mass is 16.7. The van der Waals surface area contributed by atoms with Gasteiger partial charge in [-0.2, -0.15) is 5.26 Å². The van der Waals surface area contributed by atoms with Gasteiger partial charge in [0.2, 0.25) is 11.8 Å². The summed E-state index contributed by atoms with van der Waals surface area (Å²) in [6.07, 6.45) is 5.79. The van der Waals surface area contributed by atoms with Crippen molar-refractivity contribution in [2.45, 2.75) is 31.8 Å². The third-order valence-electron chi connectivity index (χ3n) is 3.78. The summed E-state index contributed by atoms with van der Waals surface area (Å²) in [5.74, 6) is -0.353. The van der Waals surface area contributed by atoms with Gasteiger partial charge in [0.05, 0.1) is 31.8 Å². The zero-order valence-electron chi connectivity index (χ0n) is 12.7. The highest BCUT2D eigenvalue weighted by molar-refractivity contribution is 5.80. The first kappa shape index (κ1) is 16.1. The minimum absolute atomic E-state index is 0.0978. The standard InChI is InChI=1S/C14H19N5O3/c1-11(20)19(22-2)13-4-3-12(7-15)18(8-13)9-14(21)17-6-5-16-10-17/h5-6,10,12-13H,3-4,8-9H2,1-2H3/t12-,13+/m0/s1. The summed E-state index contributed by atoms with van der Waals surface area (Å²) < 4.78 is 1.39. The first-order chi connectivity index (χ1) is 10.6. The van der Waals surface area contributed by atoms with Crippen LogP contribution in [0.15, 0.2) is 18.7 Å². The molecule has 2 rings (SSSR count). The molecule has 8 heteroatoms. The lowest BCUT2D eigenvalue weighted by Gasteiger charge is -2.39. The lowest BCUT2D eigenvalue weighted by Crippen LogP contribution is -2.54. The van der Waals surface area contributed by atoms with Gasteiger partial charge in [0.25, 0.3) is 0 Å². The fraction of sp³-hybridized carbons (Fsp3) is 0.571. The van der Waals surface area contributed by atoms with Crippen LogP contribution in [0.5, 0.6) is 0 Å². The molecule has 1 amide bonds. The first-order valence-corrected chi connectivity index (χ1v) is 7.05. The zero-order chi connectivity index (χ0) is 16.1. The number of amides is 1. The van der Waals surface area contributed by atoms with Crippen molar-refractivity contribution in [2.24, 2.45) is 0 Å². The Hall–Kier alpha value is -2.24. The molecule has 22 heavy (non-hydrogen) atoms. The van der Waals surface area contributed by atoms with Gasteiger partial charge in [-0.3, -0.25) is 23.9 Å². The molecule has 8 nitrogen and oxygen atoms in total. The molecule has 1 aliphatic rings. The van der Waals surface area contributed by atoms with Gasteiger partial charge in [-0.15, -0.1) is 0 Å². The SMILES string of the molecule is CON(C(C)=O)[C@@H]1CC[C@@H](C#N)N(CC(=O)n2ccnc2)C1. The molecule has 1 saturated heterocycles. The molecular weight excluding hydrogens is 286 g/mol. The summed E-state index contributed by atoms with van der Waals surface area (Å²) in [4.78, 5) is 34.5. The third kappa shape index (κ3) is 3.50. The molecule has 2 atom stereocenters. The predicted octanol–water partition coefficient (Wildman–Crippen LogP) is 0.290. The molecule has 0 aliphatic carbocycles. The molecule has 0 saturated carbocycles. The lowest BCUT2D eigenvalue weighted by molar-refractivity contribution is -0.191. The second kappa shape index (κ2) is 7.15. The topological polar surface area (TPSA) is 91.5 Å². The number of carbonyl (C=O) groups is 2. The average Bonchev–Trinajstić information content (AvgIpc) is 3.02. The molecule has 0 radical (unpaired) electrons. The number of rotatable bonds is 4. The van der Waals surface area contributed by atoms with Gasteiger partial charge >= 0.3 is 0 Å². The average molecular weight is 305 g/mol. The fourth-order valence-corrected chi connectivity index (χ4v) is 2.73. The number of hydrogen-bond acceptors (Lipinski definition) is 6. The smallest absolute Gasteiger partial charge is 0.246 e. The van der Waals surface area contributed by atoms with Crippen LogP contribution in [0.4, 0.5) is 0 Å². The Morgan fingerprint density at radius 3 is 2.82 bits per heavy atom. The number of aromatic nitrogens is 2. The van der Waals surface area contributed by atoms with Crippen molar-refractivity contribution in [3.8, 4) is 6.07 Å². The van der Waals surface area contributed by atoms with E-state index in [0.29, 0.717) is 19.4 Å². The van der Waals surface area contributed by atoms with E-state index in [9.17, 15) is 14.9 Å². The van der Waals surface area contributed by atoms with E-state index >= 15 is 0 Å². The van der Waals surface area contributed by atoms with Crippen molar-refractivity contribution in [1.29, 1.82) is 5.26 Å². The van der Waals surface area contributed by atoms with E-state index in [-0.39, 0.29) is 30.4 Å². The van der Waals surface area contributed by atoms with Gasteiger partial charge < -0.3 is 0 Å². The maximum absolute atomic E-state index is 12.2. The van der Waals surface area contributed by atoms with Crippen LogP contribution in [0, 0.1) is 11.3 Å². The molecule has 0 bridgehead atoms. The number of imidazole rings is 1. The van der Waals surface area contributed by atoms with Crippen LogP contribution in [0.2, 0.25) is 0 Å². The maximum Gasteiger partial charge on any atom is 0.246 e. The second-order valence-electron chi connectivity index (χ2n) is 5.20. The molecule has 118 valence electrons. The van der Waals surface area contributed by atoms with E-state index in [1.807, 2.05) is 0 Å². The van der Waals surface area contributed by atoms with E-state index in [4.69, 9.17) is 4.84 Å². The molecule has 0 spiro atoms. The Balaban J connectivity index is 2.07. The number of nitriles is 1. The number of hydroxylamine groups is 2. The minimum atomic E-state index is -0.339. The van der Waals surface area contributed by atoms with Gasteiger partial charge in [0.1, 0.15) is 6.33 Å². The largest absolute Gasteiger partial charge is 0.277 e. The number of nitrogens with zero attached hydrogens (tertiary/aromatic N) is 5. The maximum atomic E-state index is 12.2. The molecule has 1 aromatic rings. The van der Waals surface area contributed by atoms with Gasteiger partial charge in [0, 0.05) is 25.9 Å². The Morgan fingerprint density at radius 1 is 1.50 bits per heavy atom. The van der Waals surface area contributed by atoms with Gasteiger partial charge in [-0.1, -0.05) is 0 Å². The number of hydrogen-bond donors (Lipinski definition) is 0. The van der Waals surface area contributed by atoms with Crippen LogP contribution in [-0.2, 0) is 9.63 Å². The Kier molecular flexibility index (Phi) is 5.25. The molecule has 0 N–H and O–H groups in total. The van der Waals surface area contributed by atoms with Crippen LogP contribution in [0.3, 0.4) is 0 Å². The summed E-state index contributed by atoms with van der Waals surface area (Å²) in [5, 5.41) is 10.6. The minimum Gasteiger partial charge on any atom is -0.277 e. The molecular formula is C14H19N5O3. The number of piperidine rings is 1. The van der Waals surface area contributed by atoms with E-state index < -0.39 is 0 Å². The van der Waals surface area contributed by atoms with Crippen LogP contribution < -0.4 is 0 Å². The Labute approximate surface area is 128 Å². The quantitative estimate of drug-likeness (QED) is 0.743. The molecule has 0 aromatic carbocycles. The summed E-state index contributed by atoms with van der Waals surface area (Å²) in [7, 11) is 1.44. The van der Waals surface area contributed by atoms with Crippen molar-refractivity contribution in [2.75, 3.05) is 20.2 Å². The van der Waals surface area contributed by atoms with Crippen molar-refractivity contribution >= 4 is 11.8 Å². The molecule has 1 fully saturated rings. The van der Waals surface area contributed by atoms with E-state index in [2.05, 4.69) is 11.1 Å². The highest BCUT2D eigenvalue weighted by Crippen LogP contribution is 2.21. The number of carbonyl (C=O) groups excluding carboxylic acids is 2. The van der Waals surface area contributed by atoms with Crippen molar-refractivity contribution in [3.63, 3.8) is 0 Å². The van der Waals surface area contributed by atoms with E-state index in [1.54, 1.807) is 11.1 Å². The van der Waals surface area contributed by atoms with E-state index in [0.717, 1.165) is 0 Å². The monoisotopic (exact) mass is 305 g/mol. The first-order valence-electron chi connectivity index (χ1n) is 7.05. The van der Waals surface area contributed by atoms with Crippen molar-refractivity contribution in [3.05, 3.63) is 18.7 Å². The van der Waals surface area contributed by atoms with Crippen molar-refractivity contribution < 1.29 is 14.4 Å². The summed E-state index contributed by atoms with van der Waals surface area (Å²) >= 11 is 0. The summed E-state index contributed by atoms with van der Waals surface area (Å²) in [6, 6.07) is 1.71. The van der Waals surface area contributed by atoms with Crippen LogP contribution in [0.1, 0.15) is 24.6 Å². The normalized spacial score (nSPS) is 22.0. The Morgan fingerprint density at radius 2 is 2.27 bits per heavy atom. The van der Waals surface area contributed by atoms with Crippen LogP contribution >= 0.6 is 0 Å². The van der Waals surface area contributed by atoms with Crippen molar-refractivity contribution in [1.82, 2.24) is 19.5 Å².